The van der Waals surface area contributed by atoms with E-state index in [2.05, 4.69) is 63.8 Å². The van der Waals surface area contributed by atoms with Crippen molar-refractivity contribution in [2.75, 3.05) is 40.0 Å². The van der Waals surface area contributed by atoms with Crippen LogP contribution in [0.4, 0.5) is 0 Å². The second-order valence-electron chi connectivity index (χ2n) is 7.79. The highest BCUT2D eigenvalue weighted by Crippen LogP contribution is 2.14. The number of aliphatic imine (C=N–C) groups is 1. The summed E-state index contributed by atoms with van der Waals surface area (Å²) in [4.78, 5) is 6.83. The van der Waals surface area contributed by atoms with Crippen molar-refractivity contribution in [3.05, 3.63) is 65.2 Å². The second-order valence-corrected chi connectivity index (χ2v) is 7.79. The lowest BCUT2D eigenvalue weighted by molar-refractivity contribution is 0.0341. The molecule has 6 nitrogen and oxygen atoms in total. The highest BCUT2D eigenvalue weighted by molar-refractivity contribution is 14.0. The SMILES string of the molecule is CCCCOc1cccc(CNC(=NC)NCc2ccccc2CN2CCOCC2)c1.I. The van der Waals surface area contributed by atoms with Crippen molar-refractivity contribution >= 4 is 29.9 Å². The summed E-state index contributed by atoms with van der Waals surface area (Å²) in [6.07, 6.45) is 2.21. The normalized spacial score (nSPS) is 14.5. The molecule has 3 rings (SSSR count). The fourth-order valence-corrected chi connectivity index (χ4v) is 3.55. The van der Waals surface area contributed by atoms with Crippen LogP contribution in [0.5, 0.6) is 5.75 Å². The topological polar surface area (TPSA) is 58.1 Å². The Bertz CT molecular complexity index is 825. The molecule has 176 valence electrons. The van der Waals surface area contributed by atoms with Crippen molar-refractivity contribution in [2.45, 2.75) is 39.4 Å². The molecule has 0 aromatic heterocycles. The smallest absolute Gasteiger partial charge is 0.191 e. The summed E-state index contributed by atoms with van der Waals surface area (Å²) < 4.78 is 11.3. The Hall–Kier alpha value is -1.84. The van der Waals surface area contributed by atoms with Gasteiger partial charge in [-0.2, -0.15) is 0 Å². The maximum atomic E-state index is 5.82. The van der Waals surface area contributed by atoms with Gasteiger partial charge in [-0.1, -0.05) is 49.7 Å². The Balaban J connectivity index is 0.00000363. The Morgan fingerprint density at radius 1 is 1.03 bits per heavy atom. The van der Waals surface area contributed by atoms with Gasteiger partial charge in [0.2, 0.25) is 0 Å². The molecule has 0 saturated carbocycles. The third-order valence-electron chi connectivity index (χ3n) is 5.41. The van der Waals surface area contributed by atoms with Crippen LogP contribution < -0.4 is 15.4 Å². The summed E-state index contributed by atoms with van der Waals surface area (Å²) in [7, 11) is 1.80. The first-order chi connectivity index (χ1) is 15.3. The van der Waals surface area contributed by atoms with Gasteiger partial charge in [0.15, 0.2) is 5.96 Å². The van der Waals surface area contributed by atoms with Crippen LogP contribution in [0.3, 0.4) is 0 Å². The molecule has 32 heavy (non-hydrogen) atoms. The molecule has 1 aliphatic heterocycles. The minimum atomic E-state index is 0. The van der Waals surface area contributed by atoms with Gasteiger partial charge < -0.3 is 20.1 Å². The average molecular weight is 553 g/mol. The molecule has 0 bridgehead atoms. The zero-order valence-electron chi connectivity index (χ0n) is 19.3. The number of ether oxygens (including phenoxy) is 2. The van der Waals surface area contributed by atoms with E-state index in [9.17, 15) is 0 Å². The minimum absolute atomic E-state index is 0. The molecule has 0 unspecified atom stereocenters. The van der Waals surface area contributed by atoms with Crippen molar-refractivity contribution in [3.63, 3.8) is 0 Å². The zero-order valence-corrected chi connectivity index (χ0v) is 21.6. The lowest BCUT2D eigenvalue weighted by atomic mass is 10.1. The average Bonchev–Trinajstić information content (AvgIpc) is 2.81. The highest BCUT2D eigenvalue weighted by atomic mass is 127. The molecule has 7 heteroatoms. The van der Waals surface area contributed by atoms with Crippen LogP contribution in [0.15, 0.2) is 53.5 Å². The zero-order chi connectivity index (χ0) is 21.7. The number of guanidine groups is 1. The van der Waals surface area contributed by atoms with Gasteiger partial charge in [0.1, 0.15) is 5.75 Å². The number of morpholine rings is 1. The molecule has 1 aliphatic rings. The van der Waals surface area contributed by atoms with Gasteiger partial charge in [0.05, 0.1) is 19.8 Å². The van der Waals surface area contributed by atoms with Gasteiger partial charge >= 0.3 is 0 Å². The van der Waals surface area contributed by atoms with E-state index in [-0.39, 0.29) is 24.0 Å². The summed E-state index contributed by atoms with van der Waals surface area (Å²) in [5.41, 5.74) is 3.82. The summed E-state index contributed by atoms with van der Waals surface area (Å²) in [6.45, 7) is 8.95. The van der Waals surface area contributed by atoms with Crippen LogP contribution in [0, 0.1) is 0 Å². The number of nitrogens with zero attached hydrogens (tertiary/aromatic N) is 2. The number of rotatable bonds is 10. The van der Waals surface area contributed by atoms with Gasteiger partial charge in [-0.25, -0.2) is 0 Å². The van der Waals surface area contributed by atoms with Crippen LogP contribution in [0.25, 0.3) is 0 Å². The molecule has 0 spiro atoms. The van der Waals surface area contributed by atoms with E-state index in [0.29, 0.717) is 6.54 Å². The molecule has 2 aromatic rings. The summed E-state index contributed by atoms with van der Waals surface area (Å²) in [5.74, 6) is 1.71. The summed E-state index contributed by atoms with van der Waals surface area (Å²) in [5, 5.41) is 6.86. The van der Waals surface area contributed by atoms with Gasteiger partial charge in [0, 0.05) is 39.8 Å². The molecule has 0 radical (unpaired) electrons. The molecular weight excluding hydrogens is 515 g/mol. The number of nitrogens with one attached hydrogen (secondary N) is 2. The Morgan fingerprint density at radius 3 is 2.53 bits per heavy atom. The number of hydrogen-bond donors (Lipinski definition) is 2. The first-order valence-corrected chi connectivity index (χ1v) is 11.3. The number of benzene rings is 2. The highest BCUT2D eigenvalue weighted by Gasteiger charge is 2.12. The van der Waals surface area contributed by atoms with Crippen molar-refractivity contribution in [3.8, 4) is 5.75 Å². The fourth-order valence-electron chi connectivity index (χ4n) is 3.55. The number of hydrogen-bond acceptors (Lipinski definition) is 4. The van der Waals surface area contributed by atoms with Gasteiger partial charge in [-0.15, -0.1) is 24.0 Å². The number of halogens is 1. The third-order valence-corrected chi connectivity index (χ3v) is 5.41. The second kappa shape index (κ2) is 15.1. The molecule has 2 aromatic carbocycles. The Kier molecular flexibility index (Phi) is 12.4. The monoisotopic (exact) mass is 552 g/mol. The van der Waals surface area contributed by atoms with E-state index < -0.39 is 0 Å². The standard InChI is InChI=1S/C25H36N4O2.HI/c1-3-4-14-31-24-11-7-8-21(17-24)18-27-25(26-2)28-19-22-9-5-6-10-23(22)20-29-12-15-30-16-13-29;/h5-11,17H,3-4,12-16,18-20H2,1-2H3,(H2,26,27,28);1H. The van der Waals surface area contributed by atoms with E-state index >= 15 is 0 Å². The van der Waals surface area contributed by atoms with Crippen molar-refractivity contribution < 1.29 is 9.47 Å². The van der Waals surface area contributed by atoms with Crippen molar-refractivity contribution in [2.24, 2.45) is 4.99 Å². The van der Waals surface area contributed by atoms with Crippen LogP contribution in [0.2, 0.25) is 0 Å². The molecule has 0 aliphatic carbocycles. The Morgan fingerprint density at radius 2 is 1.78 bits per heavy atom. The number of unbranched alkanes of at least 4 members (excludes halogenated alkanes) is 1. The molecule has 0 atom stereocenters. The van der Waals surface area contributed by atoms with Crippen molar-refractivity contribution in [1.82, 2.24) is 15.5 Å². The molecule has 0 amide bonds. The fraction of sp³-hybridized carbons (Fsp3) is 0.480. The van der Waals surface area contributed by atoms with E-state index in [1.165, 1.54) is 16.7 Å². The van der Waals surface area contributed by atoms with Crippen molar-refractivity contribution in [1.29, 1.82) is 0 Å². The first kappa shape index (κ1) is 26.4. The third kappa shape index (κ3) is 8.96. The van der Waals surface area contributed by atoms with E-state index in [1.54, 1.807) is 7.05 Å². The van der Waals surface area contributed by atoms with Gasteiger partial charge in [-0.05, 0) is 35.2 Å². The quantitative estimate of drug-likeness (QED) is 0.201. The van der Waals surface area contributed by atoms with Gasteiger partial charge in [0.25, 0.3) is 0 Å². The van der Waals surface area contributed by atoms with E-state index in [1.807, 2.05) is 12.1 Å². The molecular formula is C25H37IN4O2. The van der Waals surface area contributed by atoms with Crippen LogP contribution in [-0.4, -0.2) is 50.8 Å². The summed E-state index contributed by atoms with van der Waals surface area (Å²) in [6, 6.07) is 16.9. The summed E-state index contributed by atoms with van der Waals surface area (Å²) >= 11 is 0. The molecule has 1 saturated heterocycles. The first-order valence-electron chi connectivity index (χ1n) is 11.3. The minimum Gasteiger partial charge on any atom is -0.494 e. The van der Waals surface area contributed by atoms with Crippen LogP contribution in [-0.2, 0) is 24.4 Å². The molecule has 2 N–H and O–H groups in total. The van der Waals surface area contributed by atoms with Crippen LogP contribution in [0.1, 0.15) is 36.5 Å². The van der Waals surface area contributed by atoms with E-state index in [4.69, 9.17) is 9.47 Å². The van der Waals surface area contributed by atoms with Crippen LogP contribution >= 0.6 is 24.0 Å². The molecule has 1 heterocycles. The maximum absolute atomic E-state index is 5.82. The predicted octanol–water partition coefficient (Wildman–Crippen LogP) is 4.18. The lowest BCUT2D eigenvalue weighted by Crippen LogP contribution is -2.37. The molecule has 1 fully saturated rings. The maximum Gasteiger partial charge on any atom is 0.191 e. The predicted molar refractivity (Wildman–Crippen MR) is 142 cm³/mol. The van der Waals surface area contributed by atoms with E-state index in [0.717, 1.165) is 70.6 Å². The largest absolute Gasteiger partial charge is 0.494 e. The lowest BCUT2D eigenvalue weighted by Gasteiger charge is -2.27. The van der Waals surface area contributed by atoms with Gasteiger partial charge in [-0.3, -0.25) is 9.89 Å². The Labute approximate surface area is 209 Å².